The van der Waals surface area contributed by atoms with Gasteiger partial charge >= 0.3 is 0 Å². The van der Waals surface area contributed by atoms with E-state index < -0.39 is 0 Å². The van der Waals surface area contributed by atoms with Gasteiger partial charge < -0.3 is 10.6 Å². The van der Waals surface area contributed by atoms with E-state index in [1.807, 2.05) is 23.0 Å². The number of hydrogen-bond acceptors (Lipinski definition) is 6. The molecule has 0 bridgehead atoms. The minimum Gasteiger partial charge on any atom is -0.355 e. The van der Waals surface area contributed by atoms with E-state index in [4.69, 9.17) is 0 Å². The van der Waals surface area contributed by atoms with Gasteiger partial charge in [0.25, 0.3) is 0 Å². The fourth-order valence-corrected chi connectivity index (χ4v) is 5.95. The third kappa shape index (κ3) is 3.22. The molecule has 0 aliphatic carbocycles. The zero-order chi connectivity index (χ0) is 18.2. The molecule has 0 spiro atoms. The van der Waals surface area contributed by atoms with Crippen molar-refractivity contribution in [3.63, 3.8) is 0 Å². The summed E-state index contributed by atoms with van der Waals surface area (Å²) in [4.78, 5) is 11.6. The Morgan fingerprint density at radius 3 is 3.11 bits per heavy atom. The maximum atomic E-state index is 4.64. The molecule has 138 valence electrons. The Morgan fingerprint density at radius 1 is 1.22 bits per heavy atom. The van der Waals surface area contributed by atoms with E-state index in [1.165, 1.54) is 34.2 Å². The highest BCUT2D eigenvalue weighted by molar-refractivity contribution is 7.18. The van der Waals surface area contributed by atoms with Gasteiger partial charge in [0, 0.05) is 34.1 Å². The molecule has 3 aromatic heterocycles. The molecule has 2 N–H and O–H groups in total. The molecular weight excluding hydrogens is 372 g/mol. The molecule has 1 saturated heterocycles. The van der Waals surface area contributed by atoms with Crippen molar-refractivity contribution in [2.24, 2.45) is 0 Å². The molecule has 0 saturated carbocycles. The normalized spacial score (nSPS) is 20.3. The van der Waals surface area contributed by atoms with Crippen molar-refractivity contribution < 1.29 is 0 Å². The Balaban J connectivity index is 1.50. The van der Waals surface area contributed by atoms with Gasteiger partial charge in [-0.05, 0) is 56.1 Å². The van der Waals surface area contributed by atoms with Crippen LogP contribution in [0.3, 0.4) is 0 Å². The lowest BCUT2D eigenvalue weighted by molar-refractivity contribution is 0.346. The summed E-state index contributed by atoms with van der Waals surface area (Å²) in [5.74, 6) is 0.599. The van der Waals surface area contributed by atoms with Gasteiger partial charge in [-0.3, -0.25) is 0 Å². The summed E-state index contributed by atoms with van der Waals surface area (Å²) >= 11 is 3.52. The monoisotopic (exact) mass is 394 g/mol. The van der Waals surface area contributed by atoms with Gasteiger partial charge in [0.1, 0.15) is 4.83 Å². The van der Waals surface area contributed by atoms with E-state index in [0.29, 0.717) is 12.0 Å². The Morgan fingerprint density at radius 2 is 2.19 bits per heavy atom. The van der Waals surface area contributed by atoms with E-state index in [-0.39, 0.29) is 0 Å². The van der Waals surface area contributed by atoms with E-state index in [1.54, 1.807) is 11.3 Å². The lowest BCUT2D eigenvalue weighted by Crippen LogP contribution is -2.39. The van der Waals surface area contributed by atoms with Crippen molar-refractivity contribution in [2.45, 2.75) is 38.1 Å². The number of rotatable bonds is 4. The Kier molecular flexibility index (Phi) is 4.55. The number of nitrogens with one attached hydrogen (secondary N) is 2. The number of benzene rings is 1. The second-order valence-electron chi connectivity index (χ2n) is 7.10. The molecule has 4 nitrogen and oxygen atoms in total. The molecule has 0 amide bonds. The number of fused-ring (bicyclic) bond motifs is 2. The molecule has 1 aliphatic heterocycles. The zero-order valence-corrected chi connectivity index (χ0v) is 16.9. The lowest BCUT2D eigenvalue weighted by atomic mass is 9.88. The smallest absolute Gasteiger partial charge is 0.125 e. The molecule has 1 aliphatic rings. The number of thiophene rings is 1. The minimum atomic E-state index is 0.579. The van der Waals surface area contributed by atoms with Crippen LogP contribution in [-0.4, -0.2) is 22.6 Å². The average Bonchev–Trinajstić information content (AvgIpc) is 3.35. The van der Waals surface area contributed by atoms with Crippen LogP contribution in [0, 0.1) is 0 Å². The third-order valence-electron chi connectivity index (χ3n) is 5.45. The molecule has 4 aromatic rings. The number of pyridine rings is 1. The van der Waals surface area contributed by atoms with E-state index >= 15 is 0 Å². The first-order chi connectivity index (χ1) is 13.3. The van der Waals surface area contributed by atoms with Crippen molar-refractivity contribution in [1.29, 1.82) is 0 Å². The second-order valence-corrected chi connectivity index (χ2v) is 9.05. The number of aromatic nitrogens is 2. The third-order valence-corrected chi connectivity index (χ3v) is 7.44. The van der Waals surface area contributed by atoms with Crippen LogP contribution in [0.5, 0.6) is 0 Å². The average molecular weight is 395 g/mol. The van der Waals surface area contributed by atoms with Gasteiger partial charge in [-0.25, -0.2) is 9.97 Å². The van der Waals surface area contributed by atoms with Crippen LogP contribution in [0.15, 0.2) is 42.0 Å². The maximum absolute atomic E-state index is 4.64. The van der Waals surface area contributed by atoms with E-state index in [9.17, 15) is 0 Å². The predicted octanol–water partition coefficient (Wildman–Crippen LogP) is 5.90. The van der Waals surface area contributed by atoms with Crippen molar-refractivity contribution in [3.05, 3.63) is 46.9 Å². The zero-order valence-electron chi connectivity index (χ0n) is 15.2. The Hall–Kier alpha value is -2.02. The Labute approximate surface area is 166 Å². The van der Waals surface area contributed by atoms with Crippen LogP contribution in [0.4, 0.5) is 11.4 Å². The minimum absolute atomic E-state index is 0.579. The number of piperidine rings is 1. The first kappa shape index (κ1) is 17.1. The van der Waals surface area contributed by atoms with E-state index in [0.717, 1.165) is 28.3 Å². The quantitative estimate of drug-likeness (QED) is 0.453. The van der Waals surface area contributed by atoms with Gasteiger partial charge in [-0.2, -0.15) is 0 Å². The molecule has 6 heteroatoms. The summed E-state index contributed by atoms with van der Waals surface area (Å²) in [7, 11) is 0. The number of nitrogens with zero attached hydrogens (tertiary/aromatic N) is 2. The summed E-state index contributed by atoms with van der Waals surface area (Å²) in [5.41, 5.74) is 5.13. The fraction of sp³-hybridized carbons (Fsp3) is 0.333. The molecule has 0 unspecified atom stereocenters. The van der Waals surface area contributed by atoms with Gasteiger partial charge in [0.05, 0.1) is 21.4 Å². The maximum Gasteiger partial charge on any atom is 0.125 e. The highest BCUT2D eigenvalue weighted by Gasteiger charge is 2.26. The Bertz CT molecular complexity index is 1080. The molecule has 27 heavy (non-hydrogen) atoms. The summed E-state index contributed by atoms with van der Waals surface area (Å²) in [6.45, 7) is 3.42. The van der Waals surface area contributed by atoms with Crippen molar-refractivity contribution in [1.82, 2.24) is 15.3 Å². The molecule has 2 atom stereocenters. The van der Waals surface area contributed by atoms with Crippen LogP contribution in [-0.2, 0) is 0 Å². The molecule has 0 radical (unpaired) electrons. The van der Waals surface area contributed by atoms with Crippen LogP contribution in [0.2, 0.25) is 0 Å². The number of anilines is 2. The summed E-state index contributed by atoms with van der Waals surface area (Å²) in [6, 6.07) is 11.4. The number of hydrogen-bond donors (Lipinski definition) is 2. The van der Waals surface area contributed by atoms with Crippen molar-refractivity contribution in [3.8, 4) is 0 Å². The van der Waals surface area contributed by atoms with Gasteiger partial charge in [-0.1, -0.05) is 6.92 Å². The standard InChI is InChI=1S/C21H22N4S2/c1-2-16-14(4-3-8-22-16)20-11-15-17(7-9-23-21(15)27-20)25-13-5-6-19-18(10-13)24-12-26-19/h5-7,9-12,14,16,22H,2-4,8H2,1H3,(H,23,25)/t14-,16+/m1/s1. The first-order valence-corrected chi connectivity index (χ1v) is 11.2. The summed E-state index contributed by atoms with van der Waals surface area (Å²) in [6.07, 6.45) is 5.59. The fourth-order valence-electron chi connectivity index (χ4n) is 4.06. The van der Waals surface area contributed by atoms with Gasteiger partial charge in [0.2, 0.25) is 0 Å². The summed E-state index contributed by atoms with van der Waals surface area (Å²) in [5, 5.41) is 8.50. The van der Waals surface area contributed by atoms with Gasteiger partial charge in [0.15, 0.2) is 0 Å². The molecular formula is C21H22N4S2. The molecule has 1 aromatic carbocycles. The second kappa shape index (κ2) is 7.19. The van der Waals surface area contributed by atoms with Crippen LogP contribution in [0.1, 0.15) is 37.0 Å². The topological polar surface area (TPSA) is 49.8 Å². The SMILES string of the molecule is CC[C@@H]1NCCC[C@H]1c1cc2c(Nc3ccc4scnc4c3)ccnc2s1. The van der Waals surface area contributed by atoms with Crippen molar-refractivity contribution in [2.75, 3.05) is 11.9 Å². The highest BCUT2D eigenvalue weighted by atomic mass is 32.1. The van der Waals surface area contributed by atoms with Gasteiger partial charge in [-0.15, -0.1) is 22.7 Å². The lowest BCUT2D eigenvalue weighted by Gasteiger charge is -2.31. The molecule has 1 fully saturated rings. The van der Waals surface area contributed by atoms with Crippen molar-refractivity contribution >= 4 is 54.5 Å². The largest absolute Gasteiger partial charge is 0.355 e. The van der Waals surface area contributed by atoms with Crippen LogP contribution >= 0.6 is 22.7 Å². The molecule has 5 rings (SSSR count). The van der Waals surface area contributed by atoms with Crippen LogP contribution < -0.4 is 10.6 Å². The van der Waals surface area contributed by atoms with Crippen LogP contribution in [0.25, 0.3) is 20.4 Å². The summed E-state index contributed by atoms with van der Waals surface area (Å²) < 4.78 is 1.22. The predicted molar refractivity (Wildman–Crippen MR) is 117 cm³/mol. The highest BCUT2D eigenvalue weighted by Crippen LogP contribution is 2.39. The van der Waals surface area contributed by atoms with E-state index in [2.05, 4.69) is 57.9 Å². The number of thiazole rings is 1. The molecule has 4 heterocycles. The first-order valence-electron chi connectivity index (χ1n) is 9.54.